The van der Waals surface area contributed by atoms with Gasteiger partial charge >= 0.3 is 0 Å². The lowest BCUT2D eigenvalue weighted by atomic mass is 9.88. The average Bonchev–Trinajstić information content (AvgIpc) is 2.46. The van der Waals surface area contributed by atoms with Gasteiger partial charge in [-0.05, 0) is 44.0 Å². The van der Waals surface area contributed by atoms with E-state index in [2.05, 4.69) is 5.32 Å². The smallest absolute Gasteiger partial charge is 0.267 e. The quantitative estimate of drug-likeness (QED) is 0.912. The van der Waals surface area contributed by atoms with Gasteiger partial charge in [-0.15, -0.1) is 0 Å². The Labute approximate surface area is 111 Å². The first kappa shape index (κ1) is 14.1. The van der Waals surface area contributed by atoms with Gasteiger partial charge in [0, 0.05) is 5.56 Å². The summed E-state index contributed by atoms with van der Waals surface area (Å²) in [7, 11) is 2.93. The third kappa shape index (κ3) is 2.97. The maximum Gasteiger partial charge on any atom is 0.267 e. The molecule has 0 amide bonds. The summed E-state index contributed by atoms with van der Waals surface area (Å²) in [6.45, 7) is 1.87. The number of benzene rings is 1. The maximum absolute atomic E-state index is 13.0. The highest BCUT2D eigenvalue weighted by molar-refractivity contribution is 5.48. The molecule has 0 unspecified atom stereocenters. The molecule has 0 aromatic heterocycles. The van der Waals surface area contributed by atoms with Gasteiger partial charge in [-0.3, -0.25) is 0 Å². The van der Waals surface area contributed by atoms with Gasteiger partial charge in [-0.1, -0.05) is 0 Å². The second-order valence-corrected chi connectivity index (χ2v) is 4.66. The molecule has 3 nitrogen and oxygen atoms in total. The van der Waals surface area contributed by atoms with E-state index in [1.165, 1.54) is 20.3 Å². The van der Waals surface area contributed by atoms with Crippen LogP contribution in [0, 0.1) is 0 Å². The van der Waals surface area contributed by atoms with Crippen LogP contribution in [0.3, 0.4) is 0 Å². The lowest BCUT2D eigenvalue weighted by Crippen LogP contribution is -2.26. The highest BCUT2D eigenvalue weighted by atomic mass is 19.3. The Morgan fingerprint density at radius 1 is 1.11 bits per heavy atom. The van der Waals surface area contributed by atoms with E-state index in [1.54, 1.807) is 6.07 Å². The molecule has 1 fully saturated rings. The molecule has 106 valence electrons. The van der Waals surface area contributed by atoms with Gasteiger partial charge < -0.3 is 14.8 Å². The van der Waals surface area contributed by atoms with E-state index in [0.717, 1.165) is 31.5 Å². The van der Waals surface area contributed by atoms with E-state index in [-0.39, 0.29) is 11.3 Å². The largest absolute Gasteiger partial charge is 0.496 e. The highest BCUT2D eigenvalue weighted by Gasteiger charge is 2.23. The van der Waals surface area contributed by atoms with Crippen molar-refractivity contribution in [2.45, 2.75) is 25.2 Å². The van der Waals surface area contributed by atoms with Gasteiger partial charge in [0.2, 0.25) is 0 Å². The molecule has 2 rings (SSSR count). The number of rotatable bonds is 4. The summed E-state index contributed by atoms with van der Waals surface area (Å²) in [6.07, 6.45) is -0.605. The van der Waals surface area contributed by atoms with Crippen molar-refractivity contribution in [3.05, 3.63) is 23.3 Å². The van der Waals surface area contributed by atoms with Gasteiger partial charge in [-0.25, -0.2) is 8.78 Å². The molecule has 19 heavy (non-hydrogen) atoms. The van der Waals surface area contributed by atoms with Crippen molar-refractivity contribution in [2.75, 3.05) is 27.3 Å². The van der Waals surface area contributed by atoms with Crippen molar-refractivity contribution in [2.24, 2.45) is 0 Å². The van der Waals surface area contributed by atoms with Gasteiger partial charge in [0.25, 0.3) is 6.43 Å². The zero-order chi connectivity index (χ0) is 13.8. The molecule has 1 aliphatic rings. The van der Waals surface area contributed by atoms with Crippen molar-refractivity contribution in [1.29, 1.82) is 0 Å². The van der Waals surface area contributed by atoms with Crippen LogP contribution >= 0.6 is 0 Å². The van der Waals surface area contributed by atoms with Crippen LogP contribution in [0.25, 0.3) is 0 Å². The molecule has 1 heterocycles. The lowest BCUT2D eigenvalue weighted by Gasteiger charge is -2.25. The van der Waals surface area contributed by atoms with Crippen LogP contribution in [-0.4, -0.2) is 27.3 Å². The predicted molar refractivity (Wildman–Crippen MR) is 69.3 cm³/mol. The van der Waals surface area contributed by atoms with Gasteiger partial charge in [0.1, 0.15) is 11.5 Å². The SMILES string of the molecule is COc1cc(C2CCNCC2)c(OC)cc1C(F)F. The van der Waals surface area contributed by atoms with Crippen molar-refractivity contribution in [1.82, 2.24) is 5.32 Å². The molecule has 0 atom stereocenters. The monoisotopic (exact) mass is 271 g/mol. The molecular weight excluding hydrogens is 252 g/mol. The van der Waals surface area contributed by atoms with Crippen molar-refractivity contribution >= 4 is 0 Å². The molecular formula is C14H19F2NO2. The third-order valence-electron chi connectivity index (χ3n) is 3.60. The molecule has 0 saturated carbocycles. The summed E-state index contributed by atoms with van der Waals surface area (Å²) in [5, 5.41) is 3.29. The zero-order valence-corrected chi connectivity index (χ0v) is 11.2. The van der Waals surface area contributed by atoms with Crippen molar-refractivity contribution in [3.8, 4) is 11.5 Å². The summed E-state index contributed by atoms with van der Waals surface area (Å²) in [6, 6.07) is 3.11. The van der Waals surface area contributed by atoms with Gasteiger partial charge in [0.15, 0.2) is 0 Å². The van der Waals surface area contributed by atoms with E-state index >= 15 is 0 Å². The number of methoxy groups -OCH3 is 2. The van der Waals surface area contributed by atoms with E-state index in [4.69, 9.17) is 9.47 Å². The number of halogens is 2. The molecule has 1 aromatic carbocycles. The molecule has 1 saturated heterocycles. The molecule has 1 aromatic rings. The van der Waals surface area contributed by atoms with E-state index in [9.17, 15) is 8.78 Å². The number of alkyl halides is 2. The molecule has 0 bridgehead atoms. The number of nitrogens with one attached hydrogen (secondary N) is 1. The molecule has 1 aliphatic heterocycles. The summed E-state index contributed by atoms with van der Waals surface area (Å²) in [5.74, 6) is 1.10. The molecule has 0 radical (unpaired) electrons. The Morgan fingerprint density at radius 2 is 1.74 bits per heavy atom. The Balaban J connectivity index is 2.41. The number of hydrogen-bond donors (Lipinski definition) is 1. The first-order valence-corrected chi connectivity index (χ1v) is 6.42. The summed E-state index contributed by atoms with van der Waals surface area (Å²) in [4.78, 5) is 0. The fraction of sp³-hybridized carbons (Fsp3) is 0.571. The Morgan fingerprint density at radius 3 is 2.26 bits per heavy atom. The highest BCUT2D eigenvalue weighted by Crippen LogP contribution is 2.40. The van der Waals surface area contributed by atoms with Crippen molar-refractivity contribution in [3.63, 3.8) is 0 Å². The van der Waals surface area contributed by atoms with Crippen LogP contribution in [-0.2, 0) is 0 Å². The maximum atomic E-state index is 13.0. The lowest BCUT2D eigenvalue weighted by molar-refractivity contribution is 0.146. The molecule has 5 heteroatoms. The van der Waals surface area contributed by atoms with Crippen LogP contribution in [0.2, 0.25) is 0 Å². The zero-order valence-electron chi connectivity index (χ0n) is 11.2. The minimum atomic E-state index is -2.56. The van der Waals surface area contributed by atoms with Crippen molar-refractivity contribution < 1.29 is 18.3 Å². The minimum absolute atomic E-state index is 0.114. The fourth-order valence-corrected chi connectivity index (χ4v) is 2.57. The standard InChI is InChI=1S/C14H19F2NO2/c1-18-12-8-11(14(15)16)13(19-2)7-10(12)9-3-5-17-6-4-9/h7-9,14,17H,3-6H2,1-2H3. The van der Waals surface area contributed by atoms with Crippen LogP contribution in [0.5, 0.6) is 11.5 Å². The van der Waals surface area contributed by atoms with E-state index in [0.29, 0.717) is 11.7 Å². The Bertz CT molecular complexity index is 432. The van der Waals surface area contributed by atoms with Crippen LogP contribution in [0.15, 0.2) is 12.1 Å². The summed E-state index contributed by atoms with van der Waals surface area (Å²) >= 11 is 0. The Hall–Kier alpha value is -1.36. The van der Waals surface area contributed by atoms with E-state index < -0.39 is 6.43 Å². The van der Waals surface area contributed by atoms with Crippen LogP contribution in [0.4, 0.5) is 8.78 Å². The predicted octanol–water partition coefficient (Wildman–Crippen LogP) is 3.11. The second kappa shape index (κ2) is 6.19. The van der Waals surface area contributed by atoms with Gasteiger partial charge in [-0.2, -0.15) is 0 Å². The number of hydrogen-bond acceptors (Lipinski definition) is 3. The number of piperidine rings is 1. The third-order valence-corrected chi connectivity index (χ3v) is 3.60. The minimum Gasteiger partial charge on any atom is -0.496 e. The first-order valence-electron chi connectivity index (χ1n) is 6.42. The average molecular weight is 271 g/mol. The fourth-order valence-electron chi connectivity index (χ4n) is 2.57. The summed E-state index contributed by atoms with van der Waals surface area (Å²) in [5.41, 5.74) is 0.849. The Kier molecular flexibility index (Phi) is 4.58. The van der Waals surface area contributed by atoms with E-state index in [1.807, 2.05) is 0 Å². The summed E-state index contributed by atoms with van der Waals surface area (Å²) < 4.78 is 36.3. The van der Waals surface area contributed by atoms with Crippen LogP contribution in [0.1, 0.15) is 36.3 Å². The molecule has 0 spiro atoms. The molecule has 0 aliphatic carbocycles. The topological polar surface area (TPSA) is 30.5 Å². The second-order valence-electron chi connectivity index (χ2n) is 4.66. The first-order chi connectivity index (χ1) is 9.17. The number of ether oxygens (including phenoxy) is 2. The molecule has 1 N–H and O–H groups in total. The van der Waals surface area contributed by atoms with Gasteiger partial charge in [0.05, 0.1) is 19.8 Å². The van der Waals surface area contributed by atoms with Crippen LogP contribution < -0.4 is 14.8 Å². The normalized spacial score (nSPS) is 16.7.